The molecule has 0 saturated carbocycles. The first-order valence-corrected chi connectivity index (χ1v) is 7.45. The molecular weight excluding hydrogens is 305 g/mol. The van der Waals surface area contributed by atoms with Gasteiger partial charge in [-0.05, 0) is 52.3 Å². The van der Waals surface area contributed by atoms with E-state index in [9.17, 15) is 0 Å². The molecule has 0 bridgehead atoms. The monoisotopic (exact) mass is 323 g/mol. The van der Waals surface area contributed by atoms with Crippen molar-refractivity contribution in [3.8, 4) is 5.75 Å². The third-order valence-corrected chi connectivity index (χ3v) is 3.22. The minimum absolute atomic E-state index is 0.156. The molecule has 0 aliphatic heterocycles. The molecule has 0 heterocycles. The number of ether oxygens (including phenoxy) is 1. The van der Waals surface area contributed by atoms with E-state index in [1.165, 1.54) is 0 Å². The Hall–Kier alpha value is -0.150. The Morgan fingerprint density at radius 3 is 2.16 bits per heavy atom. The molecule has 5 heteroatoms. The van der Waals surface area contributed by atoms with Gasteiger partial charge in [0.1, 0.15) is 0 Å². The summed E-state index contributed by atoms with van der Waals surface area (Å²) in [6.45, 7) is 8.01. The van der Waals surface area contributed by atoms with Crippen molar-refractivity contribution in [2.75, 3.05) is 13.2 Å². The van der Waals surface area contributed by atoms with Crippen molar-refractivity contribution in [1.29, 1.82) is 0 Å². The molecule has 1 rings (SSSR count). The van der Waals surface area contributed by atoms with Crippen molar-refractivity contribution >= 4 is 34.8 Å². The normalized spacial score (nSPS) is 11.7. The highest BCUT2D eigenvalue weighted by atomic mass is 35.5. The van der Waals surface area contributed by atoms with Crippen molar-refractivity contribution in [3.05, 3.63) is 27.2 Å². The third-order valence-electron chi connectivity index (χ3n) is 2.44. The summed E-state index contributed by atoms with van der Waals surface area (Å²) in [5.41, 5.74) is 0.156. The molecule has 2 nitrogen and oxygen atoms in total. The minimum atomic E-state index is 0.156. The first kappa shape index (κ1) is 16.9. The van der Waals surface area contributed by atoms with E-state index in [1.807, 2.05) is 0 Å². The van der Waals surface area contributed by atoms with Crippen LogP contribution in [0.25, 0.3) is 0 Å². The lowest BCUT2D eigenvalue weighted by Crippen LogP contribution is -2.36. The summed E-state index contributed by atoms with van der Waals surface area (Å²) in [5.74, 6) is 0.511. The van der Waals surface area contributed by atoms with Crippen LogP contribution in [0, 0.1) is 0 Å². The molecule has 0 atom stereocenters. The van der Waals surface area contributed by atoms with Crippen molar-refractivity contribution in [2.45, 2.75) is 39.2 Å². The van der Waals surface area contributed by atoms with Gasteiger partial charge in [-0.25, -0.2) is 0 Å². The minimum Gasteiger partial charge on any atom is -0.490 e. The number of halogens is 3. The molecule has 0 saturated heterocycles. The number of unbranched alkanes of at least 4 members (excludes halogenated alkanes) is 1. The van der Waals surface area contributed by atoms with Crippen LogP contribution in [0.15, 0.2) is 12.1 Å². The molecule has 19 heavy (non-hydrogen) atoms. The van der Waals surface area contributed by atoms with Crippen LogP contribution in [-0.4, -0.2) is 18.7 Å². The molecule has 0 radical (unpaired) electrons. The summed E-state index contributed by atoms with van der Waals surface area (Å²) in [7, 11) is 0. The second-order valence-electron chi connectivity index (χ2n) is 5.43. The Kier molecular flexibility index (Phi) is 6.75. The van der Waals surface area contributed by atoms with E-state index in [0.717, 1.165) is 19.4 Å². The maximum atomic E-state index is 6.03. The number of nitrogens with one attached hydrogen (secondary N) is 1. The van der Waals surface area contributed by atoms with Gasteiger partial charge in [0, 0.05) is 10.6 Å². The highest BCUT2D eigenvalue weighted by Crippen LogP contribution is 2.35. The van der Waals surface area contributed by atoms with Gasteiger partial charge in [-0.3, -0.25) is 0 Å². The molecule has 0 spiro atoms. The Bertz CT molecular complexity index is 393. The largest absolute Gasteiger partial charge is 0.490 e. The van der Waals surface area contributed by atoms with Crippen molar-refractivity contribution in [1.82, 2.24) is 5.32 Å². The summed E-state index contributed by atoms with van der Waals surface area (Å²) in [6, 6.07) is 3.26. The average molecular weight is 325 g/mol. The summed E-state index contributed by atoms with van der Waals surface area (Å²) in [5, 5.41) is 4.84. The Morgan fingerprint density at radius 2 is 1.63 bits per heavy atom. The second-order valence-corrected chi connectivity index (χ2v) is 6.68. The van der Waals surface area contributed by atoms with Gasteiger partial charge in [-0.2, -0.15) is 0 Å². The molecule has 1 aromatic carbocycles. The molecule has 1 aromatic rings. The van der Waals surface area contributed by atoms with Gasteiger partial charge >= 0.3 is 0 Å². The topological polar surface area (TPSA) is 21.3 Å². The van der Waals surface area contributed by atoms with Crippen LogP contribution < -0.4 is 10.1 Å². The van der Waals surface area contributed by atoms with Crippen LogP contribution in [0.1, 0.15) is 33.6 Å². The molecule has 108 valence electrons. The first-order valence-electron chi connectivity index (χ1n) is 6.32. The highest BCUT2D eigenvalue weighted by Gasteiger charge is 2.09. The van der Waals surface area contributed by atoms with E-state index in [0.29, 0.717) is 27.4 Å². The van der Waals surface area contributed by atoms with E-state index in [2.05, 4.69) is 26.1 Å². The van der Waals surface area contributed by atoms with Crippen LogP contribution in [0.5, 0.6) is 5.75 Å². The predicted molar refractivity (Wildman–Crippen MR) is 84.0 cm³/mol. The molecular formula is C14H20Cl3NO. The van der Waals surface area contributed by atoms with Gasteiger partial charge in [-0.1, -0.05) is 34.8 Å². The van der Waals surface area contributed by atoms with Gasteiger partial charge < -0.3 is 10.1 Å². The fourth-order valence-electron chi connectivity index (χ4n) is 1.53. The van der Waals surface area contributed by atoms with E-state index in [1.54, 1.807) is 12.1 Å². The summed E-state index contributed by atoms with van der Waals surface area (Å²) in [6.07, 6.45) is 1.98. The molecule has 0 amide bonds. The lowest BCUT2D eigenvalue weighted by molar-refractivity contribution is 0.302. The molecule has 0 fully saturated rings. The molecule has 0 aromatic heterocycles. The predicted octanol–water partition coefficient (Wildman–Crippen LogP) is 5.19. The van der Waals surface area contributed by atoms with Gasteiger partial charge in [0.15, 0.2) is 5.75 Å². The van der Waals surface area contributed by atoms with Crippen molar-refractivity contribution in [2.24, 2.45) is 0 Å². The third kappa shape index (κ3) is 6.71. The lowest BCUT2D eigenvalue weighted by Gasteiger charge is -2.20. The average Bonchev–Trinajstić information content (AvgIpc) is 2.24. The first-order chi connectivity index (χ1) is 8.79. The highest BCUT2D eigenvalue weighted by molar-refractivity contribution is 6.40. The smallest absolute Gasteiger partial charge is 0.156 e. The maximum Gasteiger partial charge on any atom is 0.156 e. The van der Waals surface area contributed by atoms with Gasteiger partial charge in [0.05, 0.1) is 16.7 Å². The number of hydrogen-bond donors (Lipinski definition) is 1. The van der Waals surface area contributed by atoms with Crippen LogP contribution in [0.4, 0.5) is 0 Å². The van der Waals surface area contributed by atoms with E-state index < -0.39 is 0 Å². The van der Waals surface area contributed by atoms with E-state index in [-0.39, 0.29) is 5.54 Å². The maximum absolute atomic E-state index is 6.03. The summed E-state index contributed by atoms with van der Waals surface area (Å²) >= 11 is 17.9. The Labute approximate surface area is 130 Å². The van der Waals surface area contributed by atoms with Gasteiger partial charge in [-0.15, -0.1) is 0 Å². The standard InChI is InChI=1S/C14H20Cl3NO/c1-14(2,3)18-6-4-5-7-19-13-11(16)8-10(15)9-12(13)17/h8-9,18H,4-7H2,1-3H3. The van der Waals surface area contributed by atoms with Crippen LogP contribution in [-0.2, 0) is 0 Å². The second kappa shape index (κ2) is 7.58. The molecule has 1 N–H and O–H groups in total. The van der Waals surface area contributed by atoms with Crippen LogP contribution >= 0.6 is 34.8 Å². The fraction of sp³-hybridized carbons (Fsp3) is 0.571. The molecule has 0 aliphatic carbocycles. The number of benzene rings is 1. The zero-order chi connectivity index (χ0) is 14.5. The number of rotatable bonds is 6. The SMILES string of the molecule is CC(C)(C)NCCCCOc1c(Cl)cc(Cl)cc1Cl. The lowest BCUT2D eigenvalue weighted by atomic mass is 10.1. The van der Waals surface area contributed by atoms with Gasteiger partial charge in [0.2, 0.25) is 0 Å². The van der Waals surface area contributed by atoms with Gasteiger partial charge in [0.25, 0.3) is 0 Å². The van der Waals surface area contributed by atoms with Crippen molar-refractivity contribution in [3.63, 3.8) is 0 Å². The molecule has 0 unspecified atom stereocenters. The Balaban J connectivity index is 2.30. The zero-order valence-corrected chi connectivity index (χ0v) is 13.8. The summed E-state index contributed by atoms with van der Waals surface area (Å²) < 4.78 is 5.60. The van der Waals surface area contributed by atoms with Crippen molar-refractivity contribution < 1.29 is 4.74 Å². The quantitative estimate of drug-likeness (QED) is 0.727. The van der Waals surface area contributed by atoms with Crippen LogP contribution in [0.2, 0.25) is 15.1 Å². The fourth-order valence-corrected chi connectivity index (χ4v) is 2.46. The number of hydrogen-bond acceptors (Lipinski definition) is 2. The molecule has 0 aliphatic rings. The van der Waals surface area contributed by atoms with Crippen LogP contribution in [0.3, 0.4) is 0 Å². The van der Waals surface area contributed by atoms with E-state index in [4.69, 9.17) is 39.5 Å². The van der Waals surface area contributed by atoms with E-state index >= 15 is 0 Å². The summed E-state index contributed by atoms with van der Waals surface area (Å²) in [4.78, 5) is 0. The Morgan fingerprint density at radius 1 is 1.05 bits per heavy atom. The zero-order valence-electron chi connectivity index (χ0n) is 11.5.